The van der Waals surface area contributed by atoms with Crippen LogP contribution in [0.15, 0.2) is 42.5 Å². The number of amides is 2. The van der Waals surface area contributed by atoms with Gasteiger partial charge in [0.25, 0.3) is 5.91 Å². The third kappa shape index (κ3) is 5.89. The molecule has 0 bridgehead atoms. The summed E-state index contributed by atoms with van der Waals surface area (Å²) in [7, 11) is 1.53. The fourth-order valence-electron chi connectivity index (χ4n) is 2.50. The van der Waals surface area contributed by atoms with Gasteiger partial charge in [-0.1, -0.05) is 31.5 Å². The summed E-state index contributed by atoms with van der Waals surface area (Å²) in [6.07, 6.45) is 0. The first-order chi connectivity index (χ1) is 12.3. The molecule has 2 amide bonds. The molecule has 0 radical (unpaired) electrons. The maximum absolute atomic E-state index is 12.6. The van der Waals surface area contributed by atoms with Gasteiger partial charge >= 0.3 is 0 Å². The zero-order chi connectivity index (χ0) is 19.3. The fourth-order valence-corrected chi connectivity index (χ4v) is 2.50. The van der Waals surface area contributed by atoms with Crippen molar-refractivity contribution < 1.29 is 14.3 Å². The maximum atomic E-state index is 12.6. The van der Waals surface area contributed by atoms with Crippen LogP contribution in [0.1, 0.15) is 29.8 Å². The predicted molar refractivity (Wildman–Crippen MR) is 111 cm³/mol. The summed E-state index contributed by atoms with van der Waals surface area (Å²) < 4.78 is 5.11. The number of benzene rings is 2. The molecule has 0 aromatic heterocycles. The van der Waals surface area contributed by atoms with E-state index in [0.29, 0.717) is 22.7 Å². The molecule has 0 aliphatic rings. The monoisotopic (exact) mass is 391 g/mol. The van der Waals surface area contributed by atoms with E-state index in [1.807, 2.05) is 32.9 Å². The van der Waals surface area contributed by atoms with Crippen LogP contribution < -0.4 is 21.1 Å². The molecule has 0 spiro atoms. The summed E-state index contributed by atoms with van der Waals surface area (Å²) in [5.74, 6) is -0.130. The van der Waals surface area contributed by atoms with Crippen molar-refractivity contribution in [2.24, 2.45) is 5.92 Å². The molecule has 0 aliphatic carbocycles. The Labute approximate surface area is 165 Å². The fraction of sp³-hybridized carbons (Fsp3) is 0.300. The van der Waals surface area contributed by atoms with Crippen molar-refractivity contribution in [1.29, 1.82) is 0 Å². The van der Waals surface area contributed by atoms with Crippen molar-refractivity contribution in [2.45, 2.75) is 26.8 Å². The number of anilines is 2. The maximum Gasteiger partial charge on any atom is 0.251 e. The molecule has 0 saturated heterocycles. The van der Waals surface area contributed by atoms with E-state index in [1.165, 1.54) is 7.11 Å². The number of carbonyl (C=O) groups is 2. The Kier molecular flexibility index (Phi) is 8.12. The van der Waals surface area contributed by atoms with E-state index in [9.17, 15) is 9.59 Å². The van der Waals surface area contributed by atoms with Crippen LogP contribution in [0.4, 0.5) is 11.4 Å². The molecule has 27 heavy (non-hydrogen) atoms. The molecular weight excluding hydrogens is 366 g/mol. The van der Waals surface area contributed by atoms with Crippen molar-refractivity contribution in [2.75, 3.05) is 18.2 Å². The zero-order valence-electron chi connectivity index (χ0n) is 15.9. The van der Waals surface area contributed by atoms with Gasteiger partial charge in [0.1, 0.15) is 11.8 Å². The molecule has 1 atom stereocenters. The molecule has 2 aromatic rings. The molecule has 146 valence electrons. The van der Waals surface area contributed by atoms with Gasteiger partial charge in [0.05, 0.1) is 12.8 Å². The predicted octanol–water partition coefficient (Wildman–Crippen LogP) is 3.40. The molecule has 7 heteroatoms. The highest BCUT2D eigenvalue weighted by Crippen LogP contribution is 2.24. The average Bonchev–Trinajstić information content (AvgIpc) is 2.59. The Morgan fingerprint density at radius 1 is 1.07 bits per heavy atom. The smallest absolute Gasteiger partial charge is 0.251 e. The molecule has 2 aromatic carbocycles. The number of ether oxygens (including phenoxy) is 1. The molecule has 1 unspecified atom stereocenters. The largest absolute Gasteiger partial charge is 0.495 e. The van der Waals surface area contributed by atoms with Crippen LogP contribution in [0.5, 0.6) is 5.75 Å². The van der Waals surface area contributed by atoms with Gasteiger partial charge in [0, 0.05) is 11.3 Å². The highest BCUT2D eigenvalue weighted by Gasteiger charge is 2.25. The van der Waals surface area contributed by atoms with E-state index in [1.54, 1.807) is 30.3 Å². The van der Waals surface area contributed by atoms with Gasteiger partial charge in [0.2, 0.25) is 5.91 Å². The molecule has 6 nitrogen and oxygen atoms in total. The number of nitrogen functional groups attached to an aromatic ring is 1. The van der Waals surface area contributed by atoms with Crippen LogP contribution in [-0.4, -0.2) is 25.0 Å². The number of nitrogens with one attached hydrogen (secondary N) is 2. The van der Waals surface area contributed by atoms with Crippen molar-refractivity contribution in [1.82, 2.24) is 5.32 Å². The van der Waals surface area contributed by atoms with Crippen molar-refractivity contribution in [3.05, 3.63) is 53.6 Å². The number of carbonyl (C=O) groups excluding carboxylic acids is 2. The summed E-state index contributed by atoms with van der Waals surface area (Å²) in [5.41, 5.74) is 8.42. The van der Waals surface area contributed by atoms with Gasteiger partial charge < -0.3 is 21.1 Å². The second-order valence-electron chi connectivity index (χ2n) is 6.51. The molecule has 4 N–H and O–H groups in total. The molecule has 0 heterocycles. The number of aryl methyl sites for hydroxylation is 1. The van der Waals surface area contributed by atoms with Crippen LogP contribution >= 0.6 is 12.4 Å². The standard InChI is InChI=1S/C20H25N3O3.ClH/c1-12(2)18(23-19(24)14-7-5-13(3)6-8-14)20(25)22-15-9-10-17(26-4)16(21)11-15;/h5-12,18H,21H2,1-4H3,(H,22,25)(H,23,24);1H. The lowest BCUT2D eigenvalue weighted by Gasteiger charge is -2.22. The Hall–Kier alpha value is -2.73. The minimum Gasteiger partial charge on any atom is -0.495 e. The van der Waals surface area contributed by atoms with Crippen molar-refractivity contribution in [3.63, 3.8) is 0 Å². The summed E-state index contributed by atoms with van der Waals surface area (Å²) >= 11 is 0. The second-order valence-corrected chi connectivity index (χ2v) is 6.51. The molecule has 0 saturated carbocycles. The first-order valence-electron chi connectivity index (χ1n) is 8.43. The Morgan fingerprint density at radius 2 is 1.70 bits per heavy atom. The summed E-state index contributed by atoms with van der Waals surface area (Å²) in [6, 6.07) is 11.5. The van der Waals surface area contributed by atoms with E-state index in [0.717, 1.165) is 5.56 Å². The number of nitrogens with two attached hydrogens (primary N) is 1. The van der Waals surface area contributed by atoms with Crippen LogP contribution in [0, 0.1) is 12.8 Å². The minimum atomic E-state index is -0.674. The van der Waals surface area contributed by atoms with E-state index in [4.69, 9.17) is 10.5 Å². The van der Waals surface area contributed by atoms with E-state index >= 15 is 0 Å². The SMILES string of the molecule is COc1ccc(NC(=O)C(NC(=O)c2ccc(C)cc2)C(C)C)cc1N.Cl. The van der Waals surface area contributed by atoms with E-state index in [-0.39, 0.29) is 30.1 Å². The van der Waals surface area contributed by atoms with Gasteiger partial charge in [-0.2, -0.15) is 0 Å². The van der Waals surface area contributed by atoms with E-state index < -0.39 is 6.04 Å². The van der Waals surface area contributed by atoms with Gasteiger partial charge in [-0.3, -0.25) is 9.59 Å². The quantitative estimate of drug-likeness (QED) is 0.658. The third-order valence-electron chi connectivity index (χ3n) is 4.05. The van der Waals surface area contributed by atoms with Crippen LogP contribution in [-0.2, 0) is 4.79 Å². The Balaban J connectivity index is 0.00000364. The van der Waals surface area contributed by atoms with Gasteiger partial charge in [0.15, 0.2) is 0 Å². The first-order valence-corrected chi connectivity index (χ1v) is 8.43. The lowest BCUT2D eigenvalue weighted by molar-refractivity contribution is -0.118. The normalized spacial score (nSPS) is 11.3. The number of rotatable bonds is 6. The number of halogens is 1. The molecule has 2 rings (SSSR count). The molecule has 0 aliphatic heterocycles. The average molecular weight is 392 g/mol. The van der Waals surface area contributed by atoms with Crippen molar-refractivity contribution in [3.8, 4) is 5.75 Å². The Bertz CT molecular complexity index is 792. The highest BCUT2D eigenvalue weighted by molar-refractivity contribution is 6.01. The van der Waals surface area contributed by atoms with Gasteiger partial charge in [-0.15, -0.1) is 12.4 Å². The van der Waals surface area contributed by atoms with Crippen LogP contribution in [0.2, 0.25) is 0 Å². The first kappa shape index (κ1) is 22.3. The van der Waals surface area contributed by atoms with Crippen molar-refractivity contribution >= 4 is 35.6 Å². The summed E-state index contributed by atoms with van der Waals surface area (Å²) in [4.78, 5) is 25.1. The third-order valence-corrected chi connectivity index (χ3v) is 4.05. The lowest BCUT2D eigenvalue weighted by atomic mass is 10.0. The highest BCUT2D eigenvalue weighted by atomic mass is 35.5. The zero-order valence-corrected chi connectivity index (χ0v) is 16.7. The van der Waals surface area contributed by atoms with Gasteiger partial charge in [-0.25, -0.2) is 0 Å². The molecular formula is C20H26ClN3O3. The van der Waals surface area contributed by atoms with Gasteiger partial charge in [-0.05, 0) is 43.2 Å². The topological polar surface area (TPSA) is 93.5 Å². The lowest BCUT2D eigenvalue weighted by Crippen LogP contribution is -2.47. The second kappa shape index (κ2) is 9.83. The van der Waals surface area contributed by atoms with E-state index in [2.05, 4.69) is 10.6 Å². The minimum absolute atomic E-state index is 0. The Morgan fingerprint density at radius 3 is 2.22 bits per heavy atom. The van der Waals surface area contributed by atoms with Crippen LogP contribution in [0.25, 0.3) is 0 Å². The summed E-state index contributed by atoms with van der Waals surface area (Å²) in [5, 5.41) is 5.59. The number of methoxy groups -OCH3 is 1. The number of hydrogen-bond donors (Lipinski definition) is 3. The number of hydrogen-bond acceptors (Lipinski definition) is 4. The summed E-state index contributed by atoms with van der Waals surface area (Å²) in [6.45, 7) is 5.71. The molecule has 0 fully saturated rings. The van der Waals surface area contributed by atoms with Crippen LogP contribution in [0.3, 0.4) is 0 Å².